The molecular formula is C20H20N4O3. The van der Waals surface area contributed by atoms with E-state index in [0.29, 0.717) is 27.0 Å². The van der Waals surface area contributed by atoms with E-state index in [1.807, 2.05) is 23.1 Å². The molecule has 2 aromatic carbocycles. The van der Waals surface area contributed by atoms with E-state index in [1.54, 1.807) is 30.3 Å². The van der Waals surface area contributed by atoms with Crippen LogP contribution in [0, 0.1) is 0 Å². The van der Waals surface area contributed by atoms with Gasteiger partial charge in [-0.25, -0.2) is 0 Å². The Morgan fingerprint density at radius 3 is 2.48 bits per heavy atom. The molecular weight excluding hydrogens is 344 g/mol. The normalized spacial score (nSPS) is 14.3. The predicted octanol–water partition coefficient (Wildman–Crippen LogP) is 3.15. The van der Waals surface area contributed by atoms with Crippen molar-refractivity contribution in [2.24, 2.45) is 0 Å². The SMILES string of the molecule is O=C(Nc1ccccc1)c1nn(O)c2ccc(C(=O)N3CCCCC3)cc12. The fourth-order valence-electron chi connectivity index (χ4n) is 3.39. The Balaban J connectivity index is 1.67. The number of amides is 2. The zero-order valence-electron chi connectivity index (χ0n) is 14.8. The Hall–Kier alpha value is -3.35. The lowest BCUT2D eigenvalue weighted by Crippen LogP contribution is -2.35. The molecule has 7 nitrogen and oxygen atoms in total. The quantitative estimate of drug-likeness (QED) is 0.699. The fourth-order valence-corrected chi connectivity index (χ4v) is 3.39. The number of fused-ring (bicyclic) bond motifs is 1. The molecule has 0 aliphatic carbocycles. The Kier molecular flexibility index (Phi) is 4.50. The molecule has 3 aromatic rings. The largest absolute Gasteiger partial charge is 0.411 e. The van der Waals surface area contributed by atoms with Gasteiger partial charge in [-0.3, -0.25) is 9.59 Å². The van der Waals surface area contributed by atoms with Gasteiger partial charge in [0, 0.05) is 29.7 Å². The average Bonchev–Trinajstić information content (AvgIpc) is 3.05. The molecule has 1 aliphatic heterocycles. The molecule has 2 N–H and O–H groups in total. The minimum absolute atomic E-state index is 0.0586. The van der Waals surface area contributed by atoms with Gasteiger partial charge in [0.2, 0.25) is 0 Å². The summed E-state index contributed by atoms with van der Waals surface area (Å²) in [5.41, 5.74) is 1.57. The maximum Gasteiger partial charge on any atom is 0.276 e. The van der Waals surface area contributed by atoms with E-state index in [1.165, 1.54) is 0 Å². The average molecular weight is 364 g/mol. The van der Waals surface area contributed by atoms with Crippen LogP contribution in [0.1, 0.15) is 40.1 Å². The first-order valence-corrected chi connectivity index (χ1v) is 9.01. The number of para-hydroxylation sites is 1. The highest BCUT2D eigenvalue weighted by atomic mass is 16.5. The molecule has 27 heavy (non-hydrogen) atoms. The molecule has 4 rings (SSSR count). The summed E-state index contributed by atoms with van der Waals surface area (Å²) < 4.78 is 0. The number of carbonyl (C=O) groups is 2. The van der Waals surface area contributed by atoms with Crippen molar-refractivity contribution in [3.8, 4) is 0 Å². The van der Waals surface area contributed by atoms with Crippen molar-refractivity contribution in [1.29, 1.82) is 0 Å². The Morgan fingerprint density at radius 1 is 1.00 bits per heavy atom. The fraction of sp³-hybridized carbons (Fsp3) is 0.250. The van der Waals surface area contributed by atoms with Crippen LogP contribution in [0.2, 0.25) is 0 Å². The molecule has 0 unspecified atom stereocenters. The van der Waals surface area contributed by atoms with Crippen LogP contribution in [0.3, 0.4) is 0 Å². The number of hydrogen-bond acceptors (Lipinski definition) is 4. The molecule has 138 valence electrons. The molecule has 2 amide bonds. The summed E-state index contributed by atoms with van der Waals surface area (Å²) in [6.45, 7) is 1.50. The smallest absolute Gasteiger partial charge is 0.276 e. The van der Waals surface area contributed by atoms with E-state index in [2.05, 4.69) is 10.4 Å². The number of benzene rings is 2. The third kappa shape index (κ3) is 3.36. The molecule has 0 radical (unpaired) electrons. The summed E-state index contributed by atoms with van der Waals surface area (Å²) in [7, 11) is 0. The van der Waals surface area contributed by atoms with Crippen LogP contribution < -0.4 is 5.32 Å². The highest BCUT2D eigenvalue weighted by Gasteiger charge is 2.22. The van der Waals surface area contributed by atoms with Crippen LogP contribution in [-0.4, -0.2) is 45.0 Å². The van der Waals surface area contributed by atoms with E-state index < -0.39 is 5.91 Å². The Bertz CT molecular complexity index is 991. The number of carbonyl (C=O) groups excluding carboxylic acids is 2. The number of piperidine rings is 1. The zero-order valence-corrected chi connectivity index (χ0v) is 14.8. The molecule has 0 spiro atoms. The van der Waals surface area contributed by atoms with Crippen molar-refractivity contribution in [2.75, 3.05) is 18.4 Å². The highest BCUT2D eigenvalue weighted by molar-refractivity contribution is 6.12. The molecule has 0 saturated carbocycles. The topological polar surface area (TPSA) is 87.5 Å². The molecule has 0 atom stereocenters. The summed E-state index contributed by atoms with van der Waals surface area (Å²) in [4.78, 5) is 27.9. The highest BCUT2D eigenvalue weighted by Crippen LogP contribution is 2.22. The van der Waals surface area contributed by atoms with E-state index in [4.69, 9.17) is 0 Å². The van der Waals surface area contributed by atoms with E-state index in [-0.39, 0.29) is 11.6 Å². The molecule has 1 aliphatic rings. The third-order valence-electron chi connectivity index (χ3n) is 4.80. The molecule has 1 saturated heterocycles. The van der Waals surface area contributed by atoms with Gasteiger partial charge in [0.1, 0.15) is 5.52 Å². The second-order valence-electron chi connectivity index (χ2n) is 6.64. The first kappa shape index (κ1) is 17.1. The molecule has 2 heterocycles. The number of hydrogen-bond donors (Lipinski definition) is 2. The zero-order chi connectivity index (χ0) is 18.8. The lowest BCUT2D eigenvalue weighted by Gasteiger charge is -2.26. The third-order valence-corrected chi connectivity index (χ3v) is 4.80. The number of rotatable bonds is 3. The maximum absolute atomic E-state index is 12.8. The van der Waals surface area contributed by atoms with Crippen molar-refractivity contribution in [3.63, 3.8) is 0 Å². The summed E-state index contributed by atoms with van der Waals surface area (Å²) in [6, 6.07) is 13.9. The van der Waals surface area contributed by atoms with Gasteiger partial charge in [-0.1, -0.05) is 18.2 Å². The lowest BCUT2D eigenvalue weighted by molar-refractivity contribution is 0.0724. The number of anilines is 1. The minimum Gasteiger partial charge on any atom is -0.411 e. The number of aromatic nitrogens is 2. The van der Waals surface area contributed by atoms with Crippen LogP contribution in [0.5, 0.6) is 0 Å². The number of nitrogens with zero attached hydrogens (tertiary/aromatic N) is 3. The van der Waals surface area contributed by atoms with Crippen LogP contribution in [0.15, 0.2) is 48.5 Å². The summed E-state index contributed by atoms with van der Waals surface area (Å²) in [5, 5.41) is 17.1. The maximum atomic E-state index is 12.8. The van der Waals surface area contributed by atoms with Crippen LogP contribution in [0.25, 0.3) is 10.9 Å². The van der Waals surface area contributed by atoms with Gasteiger partial charge < -0.3 is 15.4 Å². The van der Waals surface area contributed by atoms with Gasteiger partial charge in [-0.15, -0.1) is 9.94 Å². The molecule has 0 bridgehead atoms. The minimum atomic E-state index is -0.443. The van der Waals surface area contributed by atoms with Gasteiger partial charge in [0.25, 0.3) is 11.8 Å². The molecule has 7 heteroatoms. The van der Waals surface area contributed by atoms with E-state index in [9.17, 15) is 14.8 Å². The molecule has 1 fully saturated rings. The van der Waals surface area contributed by atoms with E-state index in [0.717, 1.165) is 32.4 Å². The standard InChI is InChI=1S/C20H20N4O3/c25-19(21-15-7-3-1-4-8-15)18-16-13-14(9-10-17(16)24(27)22-18)20(26)23-11-5-2-6-12-23/h1,3-4,7-10,13,27H,2,5-6,11-12H2,(H,21,25). The van der Waals surface area contributed by atoms with Gasteiger partial charge >= 0.3 is 0 Å². The van der Waals surface area contributed by atoms with Crippen molar-refractivity contribution in [2.45, 2.75) is 19.3 Å². The first-order chi connectivity index (χ1) is 13.1. The number of nitrogens with one attached hydrogen (secondary N) is 1. The Labute approximate surface area is 156 Å². The van der Waals surface area contributed by atoms with Crippen LogP contribution >= 0.6 is 0 Å². The van der Waals surface area contributed by atoms with Crippen molar-refractivity contribution in [1.82, 2.24) is 14.8 Å². The van der Waals surface area contributed by atoms with Crippen molar-refractivity contribution in [3.05, 3.63) is 59.8 Å². The van der Waals surface area contributed by atoms with Crippen LogP contribution in [0.4, 0.5) is 5.69 Å². The lowest BCUT2D eigenvalue weighted by atomic mass is 10.1. The summed E-state index contributed by atoms with van der Waals surface area (Å²) in [5.74, 6) is -0.502. The molecule has 1 aromatic heterocycles. The van der Waals surface area contributed by atoms with Gasteiger partial charge in [-0.05, 0) is 49.6 Å². The second-order valence-corrected chi connectivity index (χ2v) is 6.64. The van der Waals surface area contributed by atoms with Crippen LogP contribution in [-0.2, 0) is 0 Å². The van der Waals surface area contributed by atoms with Gasteiger partial charge in [0.05, 0.1) is 0 Å². The predicted molar refractivity (Wildman–Crippen MR) is 101 cm³/mol. The monoisotopic (exact) mass is 364 g/mol. The first-order valence-electron chi connectivity index (χ1n) is 9.01. The van der Waals surface area contributed by atoms with E-state index >= 15 is 0 Å². The number of likely N-dealkylation sites (tertiary alicyclic amines) is 1. The second kappa shape index (κ2) is 7.11. The summed E-state index contributed by atoms with van der Waals surface area (Å²) >= 11 is 0. The van der Waals surface area contributed by atoms with Gasteiger partial charge in [-0.2, -0.15) is 0 Å². The van der Waals surface area contributed by atoms with Crippen molar-refractivity contribution >= 4 is 28.4 Å². The van der Waals surface area contributed by atoms with Gasteiger partial charge in [0.15, 0.2) is 5.69 Å². The summed E-state index contributed by atoms with van der Waals surface area (Å²) in [6.07, 6.45) is 3.16. The van der Waals surface area contributed by atoms with Crippen molar-refractivity contribution < 1.29 is 14.8 Å². The Morgan fingerprint density at radius 2 is 1.74 bits per heavy atom.